The van der Waals surface area contributed by atoms with Crippen LogP contribution < -0.4 is 15.1 Å². The molecule has 4 heterocycles. The smallest absolute Gasteiger partial charge is 0.444 e. The van der Waals surface area contributed by atoms with E-state index in [4.69, 9.17) is 21.4 Å². The minimum absolute atomic E-state index is 0.0282. The fraction of sp³-hybridized carbons (Fsp3) is 0.373. The summed E-state index contributed by atoms with van der Waals surface area (Å²) in [6, 6.07) is 19.3. The molecule has 26 heteroatoms. The highest BCUT2D eigenvalue weighted by atomic mass is 19.4. The Morgan fingerprint density at radius 1 is 0.675 bits per heavy atom. The quantitative estimate of drug-likeness (QED) is 0.145. The molecule has 1 N–H and O–H groups in total. The average molecular weight is 1090 g/mol. The Morgan fingerprint density at radius 3 is 1.34 bits per heavy atom. The van der Waals surface area contributed by atoms with Crippen LogP contribution in [0.4, 0.5) is 64.5 Å². The van der Waals surface area contributed by atoms with Crippen LogP contribution >= 0.6 is 0 Å². The SMILES string of the molecule is CC(C)(C)OC(=O)N1CC2(C1)C(=O)N(c1ccc(C#N)cc1F)CC(=O)N2Cc1ccc(C(F)(F)F)cc1.N#Cc1ccc(N2CC(=O)N(Cc3ccc(C(F)(F)F)cc3)C3(CNC3)C2=O)c(F)c1.O=CC(F)(F)F.[2H]CC. The molecular weight excluding hydrogens is 1050 g/mol. The van der Waals surface area contributed by atoms with Crippen LogP contribution in [0.5, 0.6) is 0 Å². The zero-order valence-electron chi connectivity index (χ0n) is 42.2. The van der Waals surface area contributed by atoms with Gasteiger partial charge in [-0.3, -0.25) is 33.8 Å². The maximum atomic E-state index is 14.8. The molecule has 0 bridgehead atoms. The highest BCUT2D eigenvalue weighted by molar-refractivity contribution is 6.11. The number of likely N-dealkylation sites (tertiary alicyclic amines) is 1. The predicted molar refractivity (Wildman–Crippen MR) is 251 cm³/mol. The number of carbonyl (C=O) groups excluding carboxylic acids is 6. The number of halogens is 11. The lowest BCUT2D eigenvalue weighted by Gasteiger charge is -2.57. The number of nitrogens with one attached hydrogen (secondary N) is 1. The van der Waals surface area contributed by atoms with Crippen LogP contribution in [0.15, 0.2) is 84.9 Å². The number of anilines is 2. The predicted octanol–water partition coefficient (Wildman–Crippen LogP) is 8.29. The molecule has 4 saturated heterocycles. The first-order valence-electron chi connectivity index (χ1n) is 23.5. The van der Waals surface area contributed by atoms with Gasteiger partial charge in [0.25, 0.3) is 11.8 Å². The molecule has 2 spiro atoms. The lowest BCUT2D eigenvalue weighted by atomic mass is 9.83. The summed E-state index contributed by atoms with van der Waals surface area (Å²) >= 11 is 0. The number of nitriles is 2. The summed E-state index contributed by atoms with van der Waals surface area (Å²) < 4.78 is 149. The van der Waals surface area contributed by atoms with Crippen LogP contribution in [0, 0.1) is 34.3 Å². The van der Waals surface area contributed by atoms with E-state index in [1.165, 1.54) is 63.2 Å². The topological polar surface area (TPSA) is 187 Å². The molecule has 77 heavy (non-hydrogen) atoms. The van der Waals surface area contributed by atoms with Gasteiger partial charge in [0.15, 0.2) is 5.54 Å². The van der Waals surface area contributed by atoms with Gasteiger partial charge in [-0.2, -0.15) is 50.0 Å². The van der Waals surface area contributed by atoms with Crippen molar-refractivity contribution >= 4 is 47.4 Å². The number of hydrogen-bond donors (Lipinski definition) is 1. The van der Waals surface area contributed by atoms with Crippen LogP contribution in [-0.2, 0) is 54.2 Å². The van der Waals surface area contributed by atoms with Gasteiger partial charge in [-0.1, -0.05) is 38.1 Å². The Labute approximate surface area is 434 Å². The average Bonchev–Trinajstić information content (AvgIpc) is 3.34. The maximum absolute atomic E-state index is 14.8. The van der Waals surface area contributed by atoms with Gasteiger partial charge < -0.3 is 24.8 Å². The van der Waals surface area contributed by atoms with Gasteiger partial charge in [0, 0.05) is 27.5 Å². The molecule has 0 unspecified atom stereocenters. The van der Waals surface area contributed by atoms with Gasteiger partial charge in [-0.25, -0.2) is 13.6 Å². The Hall–Kier alpha value is -8.13. The van der Waals surface area contributed by atoms with Crippen LogP contribution in [-0.4, -0.2) is 113 Å². The second-order valence-corrected chi connectivity index (χ2v) is 18.4. The summed E-state index contributed by atoms with van der Waals surface area (Å²) in [6.07, 6.45) is -15.4. The van der Waals surface area contributed by atoms with Gasteiger partial charge in [0.2, 0.25) is 18.1 Å². The molecule has 0 saturated carbocycles. The van der Waals surface area contributed by atoms with E-state index in [1.807, 2.05) is 0 Å². The van der Waals surface area contributed by atoms with Gasteiger partial charge in [0.05, 0.1) is 58.9 Å². The molecular formula is C51H47F11N8O7. The minimum Gasteiger partial charge on any atom is -0.444 e. The van der Waals surface area contributed by atoms with Crippen molar-refractivity contribution < 1.29 is 83.2 Å². The molecule has 0 atom stereocenters. The maximum Gasteiger partial charge on any atom is 0.446 e. The van der Waals surface area contributed by atoms with Gasteiger partial charge >= 0.3 is 24.6 Å². The van der Waals surface area contributed by atoms with Gasteiger partial charge in [-0.15, -0.1) is 0 Å². The first-order valence-corrected chi connectivity index (χ1v) is 22.8. The molecule has 4 aromatic carbocycles. The van der Waals surface area contributed by atoms with Crippen molar-refractivity contribution in [2.45, 2.75) is 82.9 Å². The molecule has 4 aliphatic heterocycles. The van der Waals surface area contributed by atoms with Crippen LogP contribution in [0.25, 0.3) is 0 Å². The standard InChI is InChI=1S/C26H24F4N4O4.C21H16F4N4O2.C2HF3O.C2H6/c1-24(2,3)38-23(37)32-14-25(15-32)22(36)33(20-9-6-17(11-31)10-19(20)27)13-21(35)34(25)12-16-4-7-18(8-5-16)26(28,29)30;22-16-7-14(8-26)3-6-17(16)28-10-18(30)29(20(19(28)31)11-27-12-20)9-13-1-4-15(5-2-13)21(23,24)25;3-2(4,5)1-6;1-2/h4-10H,12-15H2,1-3H3;1-7,27H,9-12H2;1H;1-2H3/i;;;1D. The van der Waals surface area contributed by atoms with Crippen LogP contribution in [0.3, 0.4) is 0 Å². The van der Waals surface area contributed by atoms with Crippen LogP contribution in [0.2, 0.25) is 0 Å². The first-order chi connectivity index (χ1) is 36.3. The molecule has 0 radical (unpaired) electrons. The van der Waals surface area contributed by atoms with E-state index >= 15 is 0 Å². The summed E-state index contributed by atoms with van der Waals surface area (Å²) in [6.45, 7) is 5.90. The summed E-state index contributed by atoms with van der Waals surface area (Å²) in [5, 5.41) is 20.9. The highest BCUT2D eigenvalue weighted by Crippen LogP contribution is 2.40. The minimum atomic E-state index is -4.64. The summed E-state index contributed by atoms with van der Waals surface area (Å²) in [5.74, 6) is -3.85. The van der Waals surface area contributed by atoms with Crippen molar-refractivity contribution in [3.05, 3.63) is 130 Å². The second-order valence-electron chi connectivity index (χ2n) is 18.4. The number of carbonyl (C=O) groups is 6. The number of ether oxygens (including phenoxy) is 1. The monoisotopic (exact) mass is 1090 g/mol. The molecule has 410 valence electrons. The summed E-state index contributed by atoms with van der Waals surface area (Å²) in [4.78, 5) is 80.5. The third-order valence-corrected chi connectivity index (χ3v) is 12.0. The van der Waals surface area contributed by atoms with Crippen molar-refractivity contribution in [1.29, 1.82) is 10.5 Å². The van der Waals surface area contributed by atoms with E-state index in [0.717, 1.165) is 46.2 Å². The van der Waals surface area contributed by atoms with Crippen molar-refractivity contribution in [3.8, 4) is 12.1 Å². The number of piperazine rings is 2. The molecule has 5 amide bonds. The number of hydrogen-bond acceptors (Lipinski definition) is 10. The normalized spacial score (nSPS) is 17.0. The lowest BCUT2D eigenvalue weighted by Crippen LogP contribution is -2.81. The molecule has 8 rings (SSSR count). The Bertz CT molecular complexity index is 2980. The third kappa shape index (κ3) is 13.5. The molecule has 4 aliphatic rings. The first kappa shape index (κ1) is 58.1. The lowest BCUT2D eigenvalue weighted by molar-refractivity contribution is -0.163. The number of alkyl halides is 9. The van der Waals surface area contributed by atoms with E-state index in [-0.39, 0.29) is 61.8 Å². The molecule has 4 aromatic rings. The third-order valence-electron chi connectivity index (χ3n) is 12.0. The molecule has 0 aliphatic carbocycles. The molecule has 0 aromatic heterocycles. The zero-order valence-corrected chi connectivity index (χ0v) is 41.2. The zero-order chi connectivity index (χ0) is 58.3. The van der Waals surface area contributed by atoms with Crippen molar-refractivity contribution in [1.82, 2.24) is 20.0 Å². The second kappa shape index (κ2) is 23.0. The van der Waals surface area contributed by atoms with Crippen molar-refractivity contribution in [3.63, 3.8) is 0 Å². The van der Waals surface area contributed by atoms with Crippen molar-refractivity contribution in [2.24, 2.45) is 0 Å². The Morgan fingerprint density at radius 2 is 1.04 bits per heavy atom. The Balaban J connectivity index is 0.000000252. The fourth-order valence-corrected chi connectivity index (χ4v) is 8.27. The fourth-order valence-electron chi connectivity index (χ4n) is 8.27. The van der Waals surface area contributed by atoms with E-state index in [1.54, 1.807) is 39.8 Å². The highest BCUT2D eigenvalue weighted by Gasteiger charge is 2.62. The molecule has 4 fully saturated rings. The largest absolute Gasteiger partial charge is 0.446 e. The summed E-state index contributed by atoms with van der Waals surface area (Å²) in [5.41, 5.74) is -4.73. The molecule has 15 nitrogen and oxygen atoms in total. The Kier molecular flexibility index (Phi) is 17.4. The van der Waals surface area contributed by atoms with Gasteiger partial charge in [0.1, 0.15) is 35.9 Å². The van der Waals surface area contributed by atoms with E-state index in [0.29, 0.717) is 18.0 Å². The van der Waals surface area contributed by atoms with Gasteiger partial charge in [-0.05, 0) is 92.6 Å². The van der Waals surface area contributed by atoms with E-state index in [9.17, 15) is 72.3 Å². The summed E-state index contributed by atoms with van der Waals surface area (Å²) in [7, 11) is 0. The number of aldehydes is 1. The van der Waals surface area contributed by atoms with Crippen molar-refractivity contribution in [2.75, 3.05) is 49.1 Å². The number of nitrogens with zero attached hydrogens (tertiary/aromatic N) is 7. The van der Waals surface area contributed by atoms with E-state index in [2.05, 4.69) is 5.32 Å². The van der Waals surface area contributed by atoms with E-state index < -0.39 is 107 Å². The number of amides is 5. The van der Waals surface area contributed by atoms with Crippen LogP contribution in [0.1, 0.15) is 69.3 Å². The number of rotatable bonds is 6. The number of benzene rings is 4.